The monoisotopic (exact) mass is 278 g/mol. The number of anilines is 2. The molecule has 0 saturated heterocycles. The molecule has 0 amide bonds. The van der Waals surface area contributed by atoms with Gasteiger partial charge in [0.05, 0.1) is 5.56 Å². The number of thioether (sulfide) groups is 1. The summed E-state index contributed by atoms with van der Waals surface area (Å²) in [7, 11) is 0. The highest BCUT2D eigenvalue weighted by molar-refractivity contribution is 7.98. The van der Waals surface area contributed by atoms with E-state index in [-0.39, 0.29) is 11.7 Å². The van der Waals surface area contributed by atoms with Crippen LogP contribution in [0.3, 0.4) is 0 Å². The van der Waals surface area contributed by atoms with Crippen LogP contribution < -0.4 is 11.1 Å². The fraction of sp³-hybridized carbons (Fsp3) is 0.500. The molecule has 1 aromatic carbocycles. The van der Waals surface area contributed by atoms with Gasteiger partial charge in [-0.1, -0.05) is 6.92 Å². The van der Waals surface area contributed by atoms with Crippen LogP contribution in [0.25, 0.3) is 0 Å². The average Bonchev–Trinajstić information content (AvgIpc) is 2.29. The van der Waals surface area contributed by atoms with E-state index in [1.807, 2.05) is 13.2 Å². The number of nitrogens with two attached hydrogens (primary N) is 1. The number of alkyl halides is 3. The molecule has 0 radical (unpaired) electrons. The quantitative estimate of drug-likeness (QED) is 0.804. The summed E-state index contributed by atoms with van der Waals surface area (Å²) in [6.45, 7) is 2.00. The number of nitrogens with one attached hydrogen (secondary N) is 1. The van der Waals surface area contributed by atoms with E-state index in [0.29, 0.717) is 5.69 Å². The molecule has 3 N–H and O–H groups in total. The molecule has 0 heterocycles. The fourth-order valence-corrected chi connectivity index (χ4v) is 2.31. The lowest BCUT2D eigenvalue weighted by molar-refractivity contribution is -0.136. The Morgan fingerprint density at radius 1 is 1.39 bits per heavy atom. The first-order chi connectivity index (χ1) is 8.38. The van der Waals surface area contributed by atoms with E-state index in [0.717, 1.165) is 18.2 Å². The van der Waals surface area contributed by atoms with Gasteiger partial charge in [-0.3, -0.25) is 0 Å². The summed E-state index contributed by atoms with van der Waals surface area (Å²) < 4.78 is 38.1. The van der Waals surface area contributed by atoms with Gasteiger partial charge >= 0.3 is 6.18 Å². The zero-order valence-electron chi connectivity index (χ0n) is 10.3. The van der Waals surface area contributed by atoms with Gasteiger partial charge in [-0.25, -0.2) is 0 Å². The summed E-state index contributed by atoms with van der Waals surface area (Å²) in [5.41, 5.74) is 4.77. The van der Waals surface area contributed by atoms with Crippen molar-refractivity contribution in [3.8, 4) is 0 Å². The Labute approximate surface area is 109 Å². The van der Waals surface area contributed by atoms with Gasteiger partial charge in [-0.15, -0.1) is 0 Å². The second-order valence-electron chi connectivity index (χ2n) is 4.00. The summed E-state index contributed by atoms with van der Waals surface area (Å²) in [5.74, 6) is 0.849. The Balaban J connectivity index is 2.91. The molecule has 1 atom stereocenters. The maximum Gasteiger partial charge on any atom is 0.418 e. The topological polar surface area (TPSA) is 38.0 Å². The molecule has 1 aromatic rings. The number of rotatable bonds is 5. The van der Waals surface area contributed by atoms with E-state index in [2.05, 4.69) is 5.32 Å². The molecule has 0 aliphatic rings. The molecule has 6 heteroatoms. The molecule has 1 unspecified atom stereocenters. The number of halogens is 3. The summed E-state index contributed by atoms with van der Waals surface area (Å²) in [6, 6.07) is 4.09. The highest BCUT2D eigenvalue weighted by atomic mass is 32.2. The molecule has 0 saturated carbocycles. The van der Waals surface area contributed by atoms with Crippen LogP contribution in [-0.4, -0.2) is 18.1 Å². The molecular formula is C12H17F3N2S. The minimum atomic E-state index is -4.41. The van der Waals surface area contributed by atoms with Crippen LogP contribution in [0.5, 0.6) is 0 Å². The van der Waals surface area contributed by atoms with E-state index < -0.39 is 11.7 Å². The van der Waals surface area contributed by atoms with Gasteiger partial charge in [0.1, 0.15) is 0 Å². The van der Waals surface area contributed by atoms with Gasteiger partial charge in [-0.2, -0.15) is 24.9 Å². The normalized spacial score (nSPS) is 13.4. The summed E-state index contributed by atoms with van der Waals surface area (Å²) >= 11 is 1.66. The van der Waals surface area contributed by atoms with E-state index in [1.165, 1.54) is 6.07 Å². The third-order valence-electron chi connectivity index (χ3n) is 2.59. The molecule has 0 bridgehead atoms. The third kappa shape index (κ3) is 4.01. The highest BCUT2D eigenvalue weighted by Gasteiger charge is 2.33. The minimum Gasteiger partial charge on any atom is -0.398 e. The summed E-state index contributed by atoms with van der Waals surface area (Å²) in [4.78, 5) is 0. The van der Waals surface area contributed by atoms with Crippen LogP contribution in [0.15, 0.2) is 18.2 Å². The standard InChI is InChI=1S/C12H17F3N2S/c1-3-8(7-18-2)17-9-4-5-11(16)10(6-9)12(13,14)15/h4-6,8,17H,3,7,16H2,1-2H3. The molecule has 0 fully saturated rings. The molecule has 2 nitrogen and oxygen atoms in total. The molecule has 0 aliphatic heterocycles. The van der Waals surface area contributed by atoms with Crippen LogP contribution in [0.2, 0.25) is 0 Å². The number of nitrogen functional groups attached to an aromatic ring is 1. The van der Waals surface area contributed by atoms with Crippen molar-refractivity contribution < 1.29 is 13.2 Å². The van der Waals surface area contributed by atoms with Crippen molar-refractivity contribution in [2.24, 2.45) is 0 Å². The van der Waals surface area contributed by atoms with Gasteiger partial charge < -0.3 is 11.1 Å². The molecule has 0 spiro atoms. The molecule has 0 aliphatic carbocycles. The van der Waals surface area contributed by atoms with Crippen LogP contribution in [0.4, 0.5) is 24.5 Å². The second-order valence-corrected chi connectivity index (χ2v) is 4.92. The van der Waals surface area contributed by atoms with Crippen molar-refractivity contribution in [3.05, 3.63) is 23.8 Å². The minimum absolute atomic E-state index is 0.157. The van der Waals surface area contributed by atoms with Crippen molar-refractivity contribution in [3.63, 3.8) is 0 Å². The first-order valence-electron chi connectivity index (χ1n) is 5.60. The van der Waals surface area contributed by atoms with Crippen molar-refractivity contribution in [2.75, 3.05) is 23.1 Å². The Kier molecular flexibility index (Phi) is 5.19. The summed E-state index contributed by atoms with van der Waals surface area (Å²) in [5, 5.41) is 3.09. The third-order valence-corrected chi connectivity index (χ3v) is 3.33. The van der Waals surface area contributed by atoms with E-state index >= 15 is 0 Å². The molecule has 18 heavy (non-hydrogen) atoms. The van der Waals surface area contributed by atoms with Crippen LogP contribution in [0.1, 0.15) is 18.9 Å². The first kappa shape index (κ1) is 15.0. The van der Waals surface area contributed by atoms with Gasteiger partial charge in [0.2, 0.25) is 0 Å². The predicted octanol–water partition coefficient (Wildman–Crippen LogP) is 3.84. The number of benzene rings is 1. The smallest absolute Gasteiger partial charge is 0.398 e. The van der Waals surface area contributed by atoms with E-state index in [1.54, 1.807) is 17.8 Å². The fourth-order valence-electron chi connectivity index (χ4n) is 1.59. The molecule has 102 valence electrons. The van der Waals surface area contributed by atoms with Crippen LogP contribution >= 0.6 is 11.8 Å². The first-order valence-corrected chi connectivity index (χ1v) is 7.00. The maximum absolute atomic E-state index is 12.7. The predicted molar refractivity (Wildman–Crippen MR) is 71.9 cm³/mol. The number of hydrogen-bond acceptors (Lipinski definition) is 3. The Morgan fingerprint density at radius 3 is 2.56 bits per heavy atom. The lowest BCUT2D eigenvalue weighted by Crippen LogP contribution is -2.21. The molecule has 1 rings (SSSR count). The van der Waals surface area contributed by atoms with Crippen molar-refractivity contribution >= 4 is 23.1 Å². The van der Waals surface area contributed by atoms with Crippen LogP contribution in [-0.2, 0) is 6.18 Å². The van der Waals surface area contributed by atoms with Crippen molar-refractivity contribution in [2.45, 2.75) is 25.6 Å². The Bertz CT molecular complexity index is 393. The van der Waals surface area contributed by atoms with Crippen LogP contribution in [0, 0.1) is 0 Å². The van der Waals surface area contributed by atoms with Crippen molar-refractivity contribution in [1.82, 2.24) is 0 Å². The zero-order valence-corrected chi connectivity index (χ0v) is 11.2. The van der Waals surface area contributed by atoms with Gasteiger partial charge in [0.25, 0.3) is 0 Å². The Hall–Kier alpha value is -1.04. The van der Waals surface area contributed by atoms with Crippen molar-refractivity contribution in [1.29, 1.82) is 0 Å². The van der Waals surface area contributed by atoms with E-state index in [9.17, 15) is 13.2 Å². The second kappa shape index (κ2) is 6.22. The highest BCUT2D eigenvalue weighted by Crippen LogP contribution is 2.35. The number of hydrogen-bond donors (Lipinski definition) is 2. The lowest BCUT2D eigenvalue weighted by atomic mass is 10.1. The largest absolute Gasteiger partial charge is 0.418 e. The molecular weight excluding hydrogens is 261 g/mol. The average molecular weight is 278 g/mol. The zero-order chi connectivity index (χ0) is 13.8. The van der Waals surface area contributed by atoms with Gasteiger partial charge in [-0.05, 0) is 30.9 Å². The molecule has 0 aromatic heterocycles. The summed E-state index contributed by atoms with van der Waals surface area (Å²) in [6.07, 6.45) is -1.59. The van der Waals surface area contributed by atoms with Gasteiger partial charge in [0.15, 0.2) is 0 Å². The van der Waals surface area contributed by atoms with Gasteiger partial charge in [0, 0.05) is 23.2 Å². The Morgan fingerprint density at radius 2 is 2.06 bits per heavy atom. The maximum atomic E-state index is 12.7. The van der Waals surface area contributed by atoms with E-state index in [4.69, 9.17) is 5.73 Å². The lowest BCUT2D eigenvalue weighted by Gasteiger charge is -2.19. The SMILES string of the molecule is CCC(CSC)Nc1ccc(N)c(C(F)(F)F)c1.